The summed E-state index contributed by atoms with van der Waals surface area (Å²) in [4.78, 5) is 46.3. The van der Waals surface area contributed by atoms with Crippen LogP contribution in [0.4, 0.5) is 10.5 Å². The Bertz CT molecular complexity index is 1800. The number of ether oxygens (including phenoxy) is 2. The number of thioether (sulfide) groups is 1. The second-order valence-electron chi connectivity index (χ2n) is 13.2. The van der Waals surface area contributed by atoms with Gasteiger partial charge in [0.15, 0.2) is 6.29 Å². The molecule has 51 heavy (non-hydrogen) atoms. The van der Waals surface area contributed by atoms with Crippen LogP contribution in [0, 0.1) is 0 Å². The molecule has 3 N–H and O–H groups in total. The highest BCUT2D eigenvalue weighted by atomic mass is 32.2. The van der Waals surface area contributed by atoms with E-state index < -0.39 is 6.09 Å². The average molecular weight is 726 g/mol. The Hall–Kier alpha value is -4.16. The van der Waals surface area contributed by atoms with E-state index in [4.69, 9.17) is 14.3 Å². The molecule has 1 unspecified atom stereocenters. The molecular weight excluding hydrogens is 683 g/mol. The molecule has 3 amide bonds. The zero-order valence-corrected chi connectivity index (χ0v) is 30.1. The SMILES string of the molecule is O=C(C[C@]1(c2ccc(-c3cccc(NC(=O)CCNC(=O)OCC4c5ccccc5-c5ccccc54)c3)s2)CCCCS1)NOC1CCCCO1. The summed E-state index contributed by atoms with van der Waals surface area (Å²) in [6.45, 7) is 1.03. The molecule has 4 aromatic rings. The number of amides is 3. The smallest absolute Gasteiger partial charge is 0.407 e. The van der Waals surface area contributed by atoms with Crippen molar-refractivity contribution in [2.75, 3.05) is 30.8 Å². The summed E-state index contributed by atoms with van der Waals surface area (Å²) in [6, 6.07) is 28.4. The first-order valence-corrected chi connectivity index (χ1v) is 19.6. The fourth-order valence-corrected chi connectivity index (χ4v) is 10.0. The van der Waals surface area contributed by atoms with Gasteiger partial charge in [0, 0.05) is 53.8 Å². The van der Waals surface area contributed by atoms with Gasteiger partial charge in [0.05, 0.1) is 4.75 Å². The van der Waals surface area contributed by atoms with Crippen LogP contribution in [0.2, 0.25) is 0 Å². The van der Waals surface area contributed by atoms with Crippen LogP contribution >= 0.6 is 23.1 Å². The van der Waals surface area contributed by atoms with Crippen LogP contribution < -0.4 is 16.1 Å². The monoisotopic (exact) mass is 725 g/mol. The Labute approximate surface area is 306 Å². The van der Waals surface area contributed by atoms with Gasteiger partial charge in [-0.05, 0) is 83.5 Å². The number of hydroxylamine groups is 1. The van der Waals surface area contributed by atoms with Gasteiger partial charge in [0.1, 0.15) is 6.61 Å². The molecule has 0 spiro atoms. The summed E-state index contributed by atoms with van der Waals surface area (Å²) in [5.41, 5.74) is 8.97. The van der Waals surface area contributed by atoms with Crippen LogP contribution in [0.3, 0.4) is 0 Å². The highest BCUT2D eigenvalue weighted by molar-refractivity contribution is 8.00. The Kier molecular flexibility index (Phi) is 11.4. The van der Waals surface area contributed by atoms with Gasteiger partial charge < -0.3 is 20.1 Å². The van der Waals surface area contributed by atoms with Gasteiger partial charge in [-0.1, -0.05) is 67.1 Å². The van der Waals surface area contributed by atoms with Crippen LogP contribution in [-0.2, 0) is 28.6 Å². The molecule has 9 nitrogen and oxygen atoms in total. The number of hydrogen-bond donors (Lipinski definition) is 3. The molecule has 2 atom stereocenters. The van der Waals surface area contributed by atoms with E-state index in [0.717, 1.165) is 65.8 Å². The van der Waals surface area contributed by atoms with Gasteiger partial charge >= 0.3 is 6.09 Å². The van der Waals surface area contributed by atoms with Crippen molar-refractivity contribution in [3.8, 4) is 21.6 Å². The second-order valence-corrected chi connectivity index (χ2v) is 15.8. The molecule has 1 aliphatic carbocycles. The first-order valence-electron chi connectivity index (χ1n) is 17.8. The largest absolute Gasteiger partial charge is 0.449 e. The van der Waals surface area contributed by atoms with E-state index >= 15 is 0 Å². The number of alkyl carbamates (subject to hydrolysis) is 1. The molecule has 0 bridgehead atoms. The number of carbonyl (C=O) groups excluding carboxylic acids is 3. The van der Waals surface area contributed by atoms with Gasteiger partial charge in [0.25, 0.3) is 0 Å². The van der Waals surface area contributed by atoms with Gasteiger partial charge in [-0.2, -0.15) is 0 Å². The fraction of sp³-hybridized carbons (Fsp3) is 0.375. The molecule has 3 aromatic carbocycles. The molecule has 7 rings (SSSR count). The van der Waals surface area contributed by atoms with Crippen LogP contribution in [0.1, 0.15) is 73.3 Å². The van der Waals surface area contributed by atoms with Crippen molar-refractivity contribution in [3.05, 3.63) is 101 Å². The highest BCUT2D eigenvalue weighted by Crippen LogP contribution is 2.51. The number of thiophene rings is 1. The third kappa shape index (κ3) is 8.49. The minimum Gasteiger partial charge on any atom is -0.449 e. The summed E-state index contributed by atoms with van der Waals surface area (Å²) in [7, 11) is 0. The minimum atomic E-state index is -0.544. The van der Waals surface area contributed by atoms with E-state index in [1.54, 1.807) is 11.3 Å². The van der Waals surface area contributed by atoms with Crippen molar-refractivity contribution in [1.29, 1.82) is 0 Å². The quantitative estimate of drug-likeness (QED) is 0.126. The minimum absolute atomic E-state index is 0.0225. The summed E-state index contributed by atoms with van der Waals surface area (Å²) in [5.74, 6) is 0.643. The maximum Gasteiger partial charge on any atom is 0.407 e. The van der Waals surface area contributed by atoms with Crippen LogP contribution in [0.15, 0.2) is 84.9 Å². The molecule has 3 heterocycles. The Morgan fingerprint density at radius 1 is 0.863 bits per heavy atom. The van der Waals surface area contributed by atoms with E-state index in [9.17, 15) is 14.4 Å². The molecule has 0 radical (unpaired) electrons. The molecular formula is C40H43N3O6S2. The zero-order chi connectivity index (χ0) is 35.0. The Balaban J connectivity index is 0.900. The number of anilines is 1. The molecule has 266 valence electrons. The molecule has 0 saturated carbocycles. The van der Waals surface area contributed by atoms with E-state index in [1.165, 1.54) is 16.0 Å². The first kappa shape index (κ1) is 35.3. The molecule has 1 aromatic heterocycles. The third-order valence-electron chi connectivity index (χ3n) is 9.69. The summed E-state index contributed by atoms with van der Waals surface area (Å²) in [5, 5.41) is 5.68. The highest BCUT2D eigenvalue weighted by Gasteiger charge is 2.39. The van der Waals surface area contributed by atoms with Gasteiger partial charge in [0.2, 0.25) is 11.8 Å². The van der Waals surface area contributed by atoms with Crippen LogP contribution in [-0.4, -0.2) is 49.7 Å². The Morgan fingerprint density at radius 2 is 1.67 bits per heavy atom. The first-order chi connectivity index (χ1) is 25.0. The zero-order valence-electron chi connectivity index (χ0n) is 28.5. The maximum atomic E-state index is 13.1. The predicted molar refractivity (Wildman–Crippen MR) is 201 cm³/mol. The van der Waals surface area contributed by atoms with Gasteiger partial charge in [-0.3, -0.25) is 9.59 Å². The van der Waals surface area contributed by atoms with Crippen molar-refractivity contribution >= 4 is 46.7 Å². The van der Waals surface area contributed by atoms with Crippen molar-refractivity contribution < 1.29 is 28.7 Å². The number of fused-ring (bicyclic) bond motifs is 3. The van der Waals surface area contributed by atoms with Crippen LogP contribution in [0.25, 0.3) is 21.6 Å². The standard InChI is InChI=1S/C40H43N3O6S2/c44-36(19-21-41-39(46)48-26-33-31-14-3-1-12-29(31)30-13-2-4-15-32(30)33)42-28-11-9-10-27(24-28)34-17-18-35(51-34)40(20-6-8-23-50-40)25-37(45)43-49-38-16-5-7-22-47-38/h1-4,9-15,17-18,24,33,38H,5-8,16,19-23,25-26H2,(H,41,46)(H,42,44)(H,43,45)/t38?,40-/m0/s1. The third-order valence-corrected chi connectivity index (χ3v) is 12.8. The van der Waals surface area contributed by atoms with Crippen molar-refractivity contribution in [1.82, 2.24) is 10.8 Å². The molecule has 3 aliphatic rings. The van der Waals surface area contributed by atoms with E-state index in [0.29, 0.717) is 18.7 Å². The average Bonchev–Trinajstić information content (AvgIpc) is 3.79. The second kappa shape index (κ2) is 16.5. The number of benzene rings is 3. The van der Waals surface area contributed by atoms with Crippen LogP contribution in [0.5, 0.6) is 0 Å². The fourth-order valence-electron chi connectivity index (χ4n) is 7.14. The van der Waals surface area contributed by atoms with E-state index in [-0.39, 0.29) is 48.3 Å². The molecule has 11 heteroatoms. The van der Waals surface area contributed by atoms with Crippen molar-refractivity contribution in [2.24, 2.45) is 0 Å². The summed E-state index contributed by atoms with van der Waals surface area (Å²) >= 11 is 3.54. The number of hydrogen-bond acceptors (Lipinski definition) is 8. The van der Waals surface area contributed by atoms with Crippen molar-refractivity contribution in [3.63, 3.8) is 0 Å². The van der Waals surface area contributed by atoms with Gasteiger partial charge in [-0.25, -0.2) is 15.1 Å². The summed E-state index contributed by atoms with van der Waals surface area (Å²) < 4.78 is 10.9. The molecule has 2 aliphatic heterocycles. The molecule has 2 saturated heterocycles. The molecule has 2 fully saturated rings. The predicted octanol–water partition coefficient (Wildman–Crippen LogP) is 8.36. The lowest BCUT2D eigenvalue weighted by Crippen LogP contribution is -2.37. The lowest BCUT2D eigenvalue weighted by molar-refractivity contribution is -0.200. The number of rotatable bonds is 12. The van der Waals surface area contributed by atoms with E-state index in [2.05, 4.69) is 52.5 Å². The maximum absolute atomic E-state index is 13.1. The summed E-state index contributed by atoms with van der Waals surface area (Å²) in [6.07, 6.45) is 5.49. The number of nitrogens with one attached hydrogen (secondary N) is 3. The normalized spacial score (nSPS) is 19.8. The lowest BCUT2D eigenvalue weighted by Gasteiger charge is -2.35. The lowest BCUT2D eigenvalue weighted by atomic mass is 9.94. The van der Waals surface area contributed by atoms with Gasteiger partial charge in [-0.15, -0.1) is 23.1 Å². The van der Waals surface area contributed by atoms with Crippen molar-refractivity contribution in [2.45, 2.75) is 68.3 Å². The topological polar surface area (TPSA) is 115 Å². The number of carbonyl (C=O) groups is 3. The Morgan fingerprint density at radius 3 is 2.41 bits per heavy atom. The van der Waals surface area contributed by atoms with E-state index in [1.807, 2.05) is 60.3 Å².